The van der Waals surface area contributed by atoms with E-state index >= 15 is 0 Å². The first kappa shape index (κ1) is 9.19. The monoisotopic (exact) mass is 169 g/mol. The molecule has 1 heterocycles. The van der Waals surface area contributed by atoms with Crippen molar-refractivity contribution in [2.24, 2.45) is 0 Å². The first-order valence-electron chi connectivity index (χ1n) is 4.20. The molecule has 12 heavy (non-hydrogen) atoms. The zero-order valence-corrected chi connectivity index (χ0v) is 6.93. The molecule has 67 valence electrons. The van der Waals surface area contributed by atoms with Crippen LogP contribution in [0.5, 0.6) is 0 Å². The number of rotatable bonds is 4. The normalized spacial score (nSPS) is 22.2. The maximum atomic E-state index is 11.2. The first-order chi connectivity index (χ1) is 5.84. The van der Waals surface area contributed by atoms with E-state index < -0.39 is 0 Å². The molecule has 1 rings (SSSR count). The van der Waals surface area contributed by atoms with Gasteiger partial charge in [0, 0.05) is 13.0 Å². The topological polar surface area (TPSA) is 58.2 Å². The molecule has 0 unspecified atom stereocenters. The van der Waals surface area contributed by atoms with E-state index in [0.29, 0.717) is 6.54 Å². The van der Waals surface area contributed by atoms with Gasteiger partial charge >= 0.3 is 0 Å². The Hall–Kier alpha value is -0.900. The molecule has 0 spiro atoms. The van der Waals surface area contributed by atoms with Gasteiger partial charge in [-0.1, -0.05) is 0 Å². The van der Waals surface area contributed by atoms with Gasteiger partial charge in [-0.05, 0) is 19.4 Å². The lowest BCUT2D eigenvalue weighted by molar-refractivity contribution is -0.122. The smallest absolute Gasteiger partial charge is 0.237 e. The van der Waals surface area contributed by atoms with Crippen LogP contribution in [-0.2, 0) is 9.59 Å². The molecule has 1 aliphatic rings. The third-order valence-corrected chi connectivity index (χ3v) is 1.90. The highest BCUT2D eigenvalue weighted by atomic mass is 16.2. The molecule has 0 aromatic carbocycles. The van der Waals surface area contributed by atoms with Gasteiger partial charge in [0.05, 0.1) is 6.04 Å². The van der Waals surface area contributed by atoms with E-state index in [-0.39, 0.29) is 18.4 Å². The van der Waals surface area contributed by atoms with Crippen LogP contribution < -0.4 is 10.6 Å². The summed E-state index contributed by atoms with van der Waals surface area (Å²) >= 11 is 0. The Balaban J connectivity index is 2.14. The van der Waals surface area contributed by atoms with Crippen LogP contribution in [0.15, 0.2) is 0 Å². The van der Waals surface area contributed by atoms with Crippen molar-refractivity contribution in [1.82, 2.24) is 10.6 Å². The molecule has 0 aromatic heterocycles. The molecule has 0 aliphatic carbocycles. The van der Waals surface area contributed by atoms with Gasteiger partial charge in [0.1, 0.15) is 0 Å². The minimum atomic E-state index is -0.0448. The molecule has 0 saturated carbocycles. The maximum Gasteiger partial charge on any atom is 0.237 e. The molecule has 1 atom stereocenters. The van der Waals surface area contributed by atoms with Gasteiger partial charge < -0.3 is 10.6 Å². The third kappa shape index (κ3) is 2.62. The van der Waals surface area contributed by atoms with Gasteiger partial charge in [-0.2, -0.15) is 0 Å². The Bertz CT molecular complexity index is 164. The minimum absolute atomic E-state index is 0.00255. The number of carbonyl (C=O) groups is 1. The first-order valence-corrected chi connectivity index (χ1v) is 4.20. The second-order valence-electron chi connectivity index (χ2n) is 2.83. The van der Waals surface area contributed by atoms with Crippen molar-refractivity contribution in [1.29, 1.82) is 0 Å². The molecule has 0 bridgehead atoms. The number of hydrogen-bond acceptors (Lipinski definition) is 3. The van der Waals surface area contributed by atoms with E-state index in [4.69, 9.17) is 0 Å². The highest BCUT2D eigenvalue weighted by Gasteiger charge is 2.20. The Kier molecular flexibility index (Phi) is 3.73. The van der Waals surface area contributed by atoms with Crippen LogP contribution in [0.25, 0.3) is 0 Å². The summed E-state index contributed by atoms with van der Waals surface area (Å²) in [5, 5.41) is 5.73. The Morgan fingerprint density at radius 2 is 2.50 bits per heavy atom. The molecule has 4 heteroatoms. The van der Waals surface area contributed by atoms with Crippen LogP contribution in [0.3, 0.4) is 0 Å². The predicted molar refractivity (Wildman–Crippen MR) is 44.3 cm³/mol. The zero-order valence-electron chi connectivity index (χ0n) is 6.93. The van der Waals surface area contributed by atoms with Crippen molar-refractivity contribution in [2.75, 3.05) is 13.1 Å². The average Bonchev–Trinajstić information content (AvgIpc) is 2.56. The third-order valence-electron chi connectivity index (χ3n) is 1.90. The second-order valence-corrected chi connectivity index (χ2v) is 2.83. The number of nitrogens with one attached hydrogen (secondary N) is 2. The van der Waals surface area contributed by atoms with Crippen molar-refractivity contribution in [2.45, 2.75) is 25.3 Å². The van der Waals surface area contributed by atoms with Gasteiger partial charge in [-0.25, -0.2) is 0 Å². The lowest BCUT2D eigenvalue weighted by atomic mass is 10.2. The molecule has 1 aliphatic heterocycles. The predicted octanol–water partition coefficient (Wildman–Crippen LogP) is -0.646. The van der Waals surface area contributed by atoms with Crippen molar-refractivity contribution >= 4 is 12.2 Å². The van der Waals surface area contributed by atoms with E-state index in [1.165, 1.54) is 0 Å². The fraction of sp³-hybridized carbons (Fsp3) is 0.750. The van der Waals surface area contributed by atoms with Gasteiger partial charge in [-0.15, -0.1) is 0 Å². The minimum Gasteiger partial charge on any atom is -0.354 e. The zero-order chi connectivity index (χ0) is 8.81. The van der Waals surface area contributed by atoms with Gasteiger partial charge in [0.25, 0.3) is 0 Å². The largest absolute Gasteiger partial charge is 0.354 e. The van der Waals surface area contributed by atoms with E-state index in [1.807, 2.05) is 0 Å². The maximum absolute atomic E-state index is 11.2. The van der Waals surface area contributed by atoms with E-state index in [2.05, 4.69) is 10.6 Å². The highest BCUT2D eigenvalue weighted by molar-refractivity contribution is 5.82. The van der Waals surface area contributed by atoms with Crippen molar-refractivity contribution in [3.05, 3.63) is 0 Å². The molecule has 0 aromatic rings. The average molecular weight is 169 g/mol. The van der Waals surface area contributed by atoms with Gasteiger partial charge in [-0.3, -0.25) is 9.59 Å². The SMILES string of the molecule is O=[C]CCNC(=O)[C@@H]1CCCN1. The van der Waals surface area contributed by atoms with Crippen LogP contribution in [-0.4, -0.2) is 31.3 Å². The number of amides is 1. The molecular formula is C8H13N2O2. The lowest BCUT2D eigenvalue weighted by Crippen LogP contribution is -2.40. The Labute approximate surface area is 71.7 Å². The van der Waals surface area contributed by atoms with Gasteiger partial charge in [0.15, 0.2) is 6.29 Å². The Morgan fingerprint density at radius 1 is 1.67 bits per heavy atom. The Morgan fingerprint density at radius 3 is 3.08 bits per heavy atom. The van der Waals surface area contributed by atoms with Crippen LogP contribution in [0.1, 0.15) is 19.3 Å². The van der Waals surface area contributed by atoms with E-state index in [9.17, 15) is 9.59 Å². The lowest BCUT2D eigenvalue weighted by Gasteiger charge is -2.09. The molecule has 1 saturated heterocycles. The fourth-order valence-corrected chi connectivity index (χ4v) is 1.27. The van der Waals surface area contributed by atoms with E-state index in [0.717, 1.165) is 19.4 Å². The quantitative estimate of drug-likeness (QED) is 0.550. The molecular weight excluding hydrogens is 156 g/mol. The molecule has 1 radical (unpaired) electrons. The molecule has 2 N–H and O–H groups in total. The molecule has 4 nitrogen and oxygen atoms in total. The second kappa shape index (κ2) is 4.87. The van der Waals surface area contributed by atoms with Crippen molar-refractivity contribution < 1.29 is 9.59 Å². The standard InChI is InChI=1S/C8H13N2O2/c11-6-2-5-10-8(12)7-3-1-4-9-7/h7,9H,1-5H2,(H,10,12)/t7-/m0/s1. The number of hydrogen-bond donors (Lipinski definition) is 2. The van der Waals surface area contributed by atoms with Crippen molar-refractivity contribution in [3.8, 4) is 0 Å². The van der Waals surface area contributed by atoms with E-state index in [1.54, 1.807) is 6.29 Å². The van der Waals surface area contributed by atoms with Gasteiger partial charge in [0.2, 0.25) is 5.91 Å². The summed E-state index contributed by atoms with van der Waals surface area (Å²) in [6, 6.07) is -0.0448. The van der Waals surface area contributed by atoms with Crippen LogP contribution >= 0.6 is 0 Å². The summed E-state index contributed by atoms with van der Waals surface area (Å²) in [6.07, 6.45) is 3.96. The molecule has 1 amide bonds. The fourth-order valence-electron chi connectivity index (χ4n) is 1.27. The summed E-state index contributed by atoms with van der Waals surface area (Å²) in [7, 11) is 0. The van der Waals surface area contributed by atoms with Crippen LogP contribution in [0.2, 0.25) is 0 Å². The van der Waals surface area contributed by atoms with Crippen LogP contribution in [0, 0.1) is 0 Å². The molecule has 1 fully saturated rings. The highest BCUT2D eigenvalue weighted by Crippen LogP contribution is 2.03. The summed E-state index contributed by atoms with van der Waals surface area (Å²) in [5.41, 5.74) is 0. The number of carbonyl (C=O) groups excluding carboxylic acids is 2. The summed E-state index contributed by atoms with van der Waals surface area (Å²) < 4.78 is 0. The summed E-state index contributed by atoms with van der Waals surface area (Å²) in [5.74, 6) is 0.00255. The van der Waals surface area contributed by atoms with Crippen LogP contribution in [0.4, 0.5) is 0 Å². The summed E-state index contributed by atoms with van der Waals surface area (Å²) in [4.78, 5) is 21.0. The van der Waals surface area contributed by atoms with Crippen molar-refractivity contribution in [3.63, 3.8) is 0 Å². The summed E-state index contributed by atoms with van der Waals surface area (Å²) in [6.45, 7) is 1.32.